The van der Waals surface area contributed by atoms with Gasteiger partial charge >= 0.3 is 0 Å². The van der Waals surface area contributed by atoms with Crippen molar-refractivity contribution in [1.29, 1.82) is 0 Å². The van der Waals surface area contributed by atoms with Crippen molar-refractivity contribution >= 4 is 5.91 Å². The second-order valence-electron chi connectivity index (χ2n) is 10.1. The fourth-order valence-corrected chi connectivity index (χ4v) is 5.75. The van der Waals surface area contributed by atoms with Gasteiger partial charge in [0, 0.05) is 36.7 Å². The van der Waals surface area contributed by atoms with Crippen LogP contribution in [-0.2, 0) is 16.6 Å². The van der Waals surface area contributed by atoms with E-state index in [1.807, 2.05) is 6.07 Å². The number of piperidine rings is 1. The summed E-state index contributed by atoms with van der Waals surface area (Å²) in [4.78, 5) is 15.4. The molecule has 2 atom stereocenters. The zero-order chi connectivity index (χ0) is 24.1. The maximum absolute atomic E-state index is 13.3. The molecule has 0 bridgehead atoms. The number of benzene rings is 3. The van der Waals surface area contributed by atoms with E-state index in [-0.39, 0.29) is 11.3 Å². The third kappa shape index (κ3) is 5.19. The van der Waals surface area contributed by atoms with Gasteiger partial charge in [-0.2, -0.15) is 0 Å². The van der Waals surface area contributed by atoms with Crippen molar-refractivity contribution < 1.29 is 4.79 Å². The Balaban J connectivity index is 1.21. The van der Waals surface area contributed by atoms with Crippen LogP contribution in [0.2, 0.25) is 0 Å². The van der Waals surface area contributed by atoms with Gasteiger partial charge in [-0.25, -0.2) is 0 Å². The molecule has 2 aliphatic rings. The van der Waals surface area contributed by atoms with Gasteiger partial charge in [-0.3, -0.25) is 4.79 Å². The fraction of sp³-hybridized carbons (Fsp3) is 0.344. The number of hydrogen-bond donors (Lipinski definition) is 1. The number of nitrogens with one attached hydrogen (secondary N) is 1. The van der Waals surface area contributed by atoms with Crippen LogP contribution in [0.15, 0.2) is 103 Å². The van der Waals surface area contributed by atoms with Crippen LogP contribution in [-0.4, -0.2) is 30.4 Å². The van der Waals surface area contributed by atoms with Crippen LogP contribution in [0, 0.1) is 5.92 Å². The van der Waals surface area contributed by atoms with E-state index in [1.165, 1.54) is 16.7 Å². The minimum absolute atomic E-state index is 0.132. The van der Waals surface area contributed by atoms with Crippen molar-refractivity contribution in [2.24, 2.45) is 5.92 Å². The predicted octanol–water partition coefficient (Wildman–Crippen LogP) is 6.09. The molecular weight excluding hydrogens is 428 g/mol. The van der Waals surface area contributed by atoms with E-state index in [0.717, 1.165) is 57.4 Å². The average molecular weight is 465 g/mol. The van der Waals surface area contributed by atoms with Crippen molar-refractivity contribution in [3.8, 4) is 0 Å². The second kappa shape index (κ2) is 10.5. The maximum atomic E-state index is 13.3. The molecule has 2 unspecified atom stereocenters. The topological polar surface area (TPSA) is 32.3 Å². The first-order valence-electron chi connectivity index (χ1n) is 13.0. The zero-order valence-corrected chi connectivity index (χ0v) is 20.5. The molecule has 0 aromatic heterocycles. The fourth-order valence-electron chi connectivity index (χ4n) is 5.75. The molecular formula is C32H36N2O. The molecule has 1 amide bonds. The molecule has 3 aromatic carbocycles. The highest BCUT2D eigenvalue weighted by Crippen LogP contribution is 2.49. The molecule has 1 saturated heterocycles. The normalized spacial score (nSPS) is 20.7. The molecule has 1 heterocycles. The first kappa shape index (κ1) is 23.4. The van der Waals surface area contributed by atoms with Crippen LogP contribution < -0.4 is 5.32 Å². The molecule has 1 saturated carbocycles. The Morgan fingerprint density at radius 2 is 1.49 bits per heavy atom. The summed E-state index contributed by atoms with van der Waals surface area (Å²) in [6, 6.07) is 31.9. The summed E-state index contributed by atoms with van der Waals surface area (Å²) < 4.78 is 0. The van der Waals surface area contributed by atoms with E-state index < -0.39 is 0 Å². The van der Waals surface area contributed by atoms with Crippen LogP contribution in [0.25, 0.3) is 0 Å². The molecule has 0 spiro atoms. The lowest BCUT2D eigenvalue weighted by molar-refractivity contribution is -0.134. The van der Waals surface area contributed by atoms with Gasteiger partial charge in [0.15, 0.2) is 0 Å². The lowest BCUT2D eigenvalue weighted by atomic mass is 9.70. The number of hydrogen-bond acceptors (Lipinski definition) is 2. The Kier molecular flexibility index (Phi) is 7.03. The predicted molar refractivity (Wildman–Crippen MR) is 143 cm³/mol. The van der Waals surface area contributed by atoms with E-state index in [9.17, 15) is 4.79 Å². The second-order valence-corrected chi connectivity index (χ2v) is 10.1. The van der Waals surface area contributed by atoms with Gasteiger partial charge in [0.1, 0.15) is 0 Å². The monoisotopic (exact) mass is 464 g/mol. The number of carbonyl (C=O) groups is 1. The van der Waals surface area contributed by atoms with Crippen LogP contribution in [0.5, 0.6) is 0 Å². The van der Waals surface area contributed by atoms with Crippen molar-refractivity contribution in [2.45, 2.75) is 43.4 Å². The minimum atomic E-state index is -0.132. The summed E-state index contributed by atoms with van der Waals surface area (Å²) in [5.74, 6) is 0.883. The van der Waals surface area contributed by atoms with E-state index in [2.05, 4.69) is 102 Å². The van der Waals surface area contributed by atoms with Gasteiger partial charge in [-0.15, -0.1) is 0 Å². The molecule has 3 heteroatoms. The Labute approximate surface area is 209 Å². The number of amides is 1. The summed E-state index contributed by atoms with van der Waals surface area (Å²) in [7, 11) is 0. The summed E-state index contributed by atoms with van der Waals surface area (Å²) in [6.45, 7) is 7.01. The zero-order valence-electron chi connectivity index (χ0n) is 20.5. The first-order chi connectivity index (χ1) is 17.2. The standard InChI is InChI=1S/C32H36N2O/c1-25(33-21-11-14-26-12-5-2-6-13-26)32(28-17-9-4-10-18-28)19-22-34(23-20-32)31(35)30-24-29(30)27-15-7-3-8-16-27/h2-10,12-13,15-18,29-30,33H,1,11,14,19-24H2. The van der Waals surface area contributed by atoms with E-state index in [0.29, 0.717) is 11.8 Å². The van der Waals surface area contributed by atoms with Gasteiger partial charge in [0.05, 0.1) is 0 Å². The number of allylic oxidation sites excluding steroid dienone is 1. The molecule has 3 aromatic rings. The van der Waals surface area contributed by atoms with Crippen LogP contribution in [0.1, 0.15) is 48.3 Å². The Bertz CT molecular complexity index is 1120. The molecule has 180 valence electrons. The van der Waals surface area contributed by atoms with Gasteiger partial charge < -0.3 is 10.2 Å². The third-order valence-corrected chi connectivity index (χ3v) is 7.99. The smallest absolute Gasteiger partial charge is 0.226 e. The molecule has 5 rings (SSSR count). The Hall–Kier alpha value is -3.33. The average Bonchev–Trinajstić information content (AvgIpc) is 3.73. The van der Waals surface area contributed by atoms with Crippen molar-refractivity contribution in [2.75, 3.05) is 19.6 Å². The quantitative estimate of drug-likeness (QED) is 0.389. The van der Waals surface area contributed by atoms with Crippen LogP contribution >= 0.6 is 0 Å². The molecule has 0 radical (unpaired) electrons. The van der Waals surface area contributed by atoms with Crippen LogP contribution in [0.3, 0.4) is 0 Å². The van der Waals surface area contributed by atoms with Crippen molar-refractivity contribution in [1.82, 2.24) is 10.2 Å². The number of aryl methyl sites for hydroxylation is 1. The number of carbonyl (C=O) groups excluding carboxylic acids is 1. The molecule has 1 aliphatic heterocycles. The highest BCUT2D eigenvalue weighted by Gasteiger charge is 2.48. The molecule has 35 heavy (non-hydrogen) atoms. The summed E-state index contributed by atoms with van der Waals surface area (Å²) in [6.07, 6.45) is 4.94. The molecule has 1 N–H and O–H groups in total. The Morgan fingerprint density at radius 3 is 2.14 bits per heavy atom. The lowest BCUT2D eigenvalue weighted by Crippen LogP contribution is -2.48. The van der Waals surface area contributed by atoms with Crippen molar-refractivity contribution in [3.05, 3.63) is 120 Å². The van der Waals surface area contributed by atoms with Gasteiger partial charge in [0.25, 0.3) is 0 Å². The number of nitrogens with zero attached hydrogens (tertiary/aromatic N) is 1. The molecule has 1 aliphatic carbocycles. The van der Waals surface area contributed by atoms with E-state index in [1.54, 1.807) is 0 Å². The molecule has 3 nitrogen and oxygen atoms in total. The van der Waals surface area contributed by atoms with Crippen LogP contribution in [0.4, 0.5) is 0 Å². The molecule has 2 fully saturated rings. The van der Waals surface area contributed by atoms with Gasteiger partial charge in [0.2, 0.25) is 5.91 Å². The summed E-state index contributed by atoms with van der Waals surface area (Å²) in [5.41, 5.74) is 4.94. The first-order valence-corrected chi connectivity index (χ1v) is 13.0. The lowest BCUT2D eigenvalue weighted by Gasteiger charge is -2.44. The van der Waals surface area contributed by atoms with E-state index in [4.69, 9.17) is 0 Å². The largest absolute Gasteiger partial charge is 0.388 e. The highest BCUT2D eigenvalue weighted by molar-refractivity contribution is 5.83. The highest BCUT2D eigenvalue weighted by atomic mass is 16.2. The minimum Gasteiger partial charge on any atom is -0.388 e. The Morgan fingerprint density at radius 1 is 0.886 bits per heavy atom. The van der Waals surface area contributed by atoms with Crippen molar-refractivity contribution in [3.63, 3.8) is 0 Å². The number of rotatable bonds is 9. The van der Waals surface area contributed by atoms with Gasteiger partial charge in [-0.1, -0.05) is 97.6 Å². The summed E-state index contributed by atoms with van der Waals surface area (Å²) >= 11 is 0. The summed E-state index contributed by atoms with van der Waals surface area (Å²) in [5, 5.41) is 3.67. The maximum Gasteiger partial charge on any atom is 0.226 e. The third-order valence-electron chi connectivity index (χ3n) is 7.99. The number of likely N-dealkylation sites (tertiary alicyclic amines) is 1. The van der Waals surface area contributed by atoms with Gasteiger partial charge in [-0.05, 0) is 54.7 Å². The van der Waals surface area contributed by atoms with E-state index >= 15 is 0 Å². The SMILES string of the molecule is C=C(NCCCc1ccccc1)C1(c2ccccc2)CCN(C(=O)C2CC2c2ccccc2)CC1.